The number of carbonyl (C=O) groups excluding carboxylic acids is 1. The van der Waals surface area contributed by atoms with Crippen LogP contribution in [0, 0.1) is 6.92 Å². The maximum Gasteiger partial charge on any atom is 0.337 e. The van der Waals surface area contributed by atoms with Crippen molar-refractivity contribution in [3.63, 3.8) is 0 Å². The van der Waals surface area contributed by atoms with Crippen molar-refractivity contribution in [2.45, 2.75) is 26.3 Å². The molecule has 2 aromatic heterocycles. The molecule has 2 heterocycles. The third kappa shape index (κ3) is 3.88. The van der Waals surface area contributed by atoms with E-state index in [0.717, 1.165) is 6.42 Å². The van der Waals surface area contributed by atoms with Crippen molar-refractivity contribution < 1.29 is 14.7 Å². The summed E-state index contributed by atoms with van der Waals surface area (Å²) < 4.78 is 0. The van der Waals surface area contributed by atoms with Crippen molar-refractivity contribution >= 4 is 23.2 Å². The van der Waals surface area contributed by atoms with Crippen LogP contribution in [0.2, 0.25) is 0 Å². The molecule has 0 saturated carbocycles. The van der Waals surface area contributed by atoms with Gasteiger partial charge in [-0.3, -0.25) is 9.78 Å². The Morgan fingerprint density at radius 1 is 1.48 bits per heavy atom. The number of carboxylic acid groups (broad SMARTS) is 1. The van der Waals surface area contributed by atoms with Gasteiger partial charge >= 0.3 is 5.97 Å². The second-order valence-electron chi connectivity index (χ2n) is 4.87. The molecule has 2 rings (SSSR count). The van der Waals surface area contributed by atoms with Crippen molar-refractivity contribution in [3.8, 4) is 0 Å². The standard InChI is InChI=1S/C15H16N2O3S/c1-9(5-11-3-4-21-8-11)17-14(18)13-6-12(15(19)20)7-16-10(13)2/h3-4,6-9H,5H2,1-2H3,(H,17,18)(H,19,20). The largest absolute Gasteiger partial charge is 0.478 e. The number of carbonyl (C=O) groups is 2. The smallest absolute Gasteiger partial charge is 0.337 e. The number of hydrogen-bond acceptors (Lipinski definition) is 4. The fourth-order valence-corrected chi connectivity index (χ4v) is 2.68. The summed E-state index contributed by atoms with van der Waals surface area (Å²) in [6, 6.07) is 3.34. The molecule has 0 saturated heterocycles. The van der Waals surface area contributed by atoms with Crippen LogP contribution >= 0.6 is 11.3 Å². The molecule has 110 valence electrons. The minimum atomic E-state index is -1.09. The van der Waals surface area contributed by atoms with Gasteiger partial charge in [0.25, 0.3) is 5.91 Å². The Kier molecular flexibility index (Phi) is 4.70. The van der Waals surface area contributed by atoms with Gasteiger partial charge in [0.15, 0.2) is 0 Å². The van der Waals surface area contributed by atoms with E-state index in [0.29, 0.717) is 11.3 Å². The van der Waals surface area contributed by atoms with E-state index in [1.54, 1.807) is 18.3 Å². The van der Waals surface area contributed by atoms with Crippen LogP contribution in [0.3, 0.4) is 0 Å². The Bertz CT molecular complexity index is 653. The van der Waals surface area contributed by atoms with Gasteiger partial charge in [-0.2, -0.15) is 11.3 Å². The number of aryl methyl sites for hydroxylation is 1. The van der Waals surface area contributed by atoms with Crippen LogP contribution in [-0.2, 0) is 6.42 Å². The third-order valence-electron chi connectivity index (χ3n) is 3.08. The van der Waals surface area contributed by atoms with Crippen LogP contribution in [0.5, 0.6) is 0 Å². The first kappa shape index (κ1) is 15.2. The van der Waals surface area contributed by atoms with Crippen LogP contribution in [0.15, 0.2) is 29.1 Å². The number of aromatic nitrogens is 1. The summed E-state index contributed by atoms with van der Waals surface area (Å²) >= 11 is 1.62. The lowest BCUT2D eigenvalue weighted by atomic mass is 10.1. The average Bonchev–Trinajstić information content (AvgIpc) is 2.91. The molecule has 2 N–H and O–H groups in total. The molecular weight excluding hydrogens is 288 g/mol. The summed E-state index contributed by atoms with van der Waals surface area (Å²) in [5.74, 6) is -1.39. The number of hydrogen-bond donors (Lipinski definition) is 2. The molecule has 1 unspecified atom stereocenters. The molecule has 6 heteroatoms. The van der Waals surface area contributed by atoms with Gasteiger partial charge in [-0.15, -0.1) is 0 Å². The van der Waals surface area contributed by atoms with Gasteiger partial charge in [0, 0.05) is 12.2 Å². The molecule has 1 amide bonds. The quantitative estimate of drug-likeness (QED) is 0.889. The first-order chi connectivity index (χ1) is 9.97. The first-order valence-electron chi connectivity index (χ1n) is 6.49. The van der Waals surface area contributed by atoms with Crippen molar-refractivity contribution in [1.82, 2.24) is 10.3 Å². The Hall–Kier alpha value is -2.21. The molecule has 1 atom stereocenters. The van der Waals surface area contributed by atoms with Crippen molar-refractivity contribution in [1.29, 1.82) is 0 Å². The predicted octanol–water partition coefficient (Wildman–Crippen LogP) is 2.51. The average molecular weight is 304 g/mol. The van der Waals surface area contributed by atoms with Crippen LogP contribution in [0.1, 0.15) is 38.9 Å². The summed E-state index contributed by atoms with van der Waals surface area (Å²) in [4.78, 5) is 27.2. The molecule has 0 aliphatic rings. The zero-order valence-corrected chi connectivity index (χ0v) is 12.6. The number of nitrogens with one attached hydrogen (secondary N) is 1. The minimum absolute atomic E-state index is 0.0104. The monoisotopic (exact) mass is 304 g/mol. The Labute approximate surface area is 126 Å². The second-order valence-corrected chi connectivity index (χ2v) is 5.65. The lowest BCUT2D eigenvalue weighted by Crippen LogP contribution is -2.34. The highest BCUT2D eigenvalue weighted by Crippen LogP contribution is 2.11. The van der Waals surface area contributed by atoms with E-state index in [9.17, 15) is 9.59 Å². The highest BCUT2D eigenvalue weighted by atomic mass is 32.1. The Balaban J connectivity index is 2.09. The predicted molar refractivity (Wildman–Crippen MR) is 80.9 cm³/mol. The summed E-state index contributed by atoms with van der Waals surface area (Å²) in [6.45, 7) is 3.60. The summed E-state index contributed by atoms with van der Waals surface area (Å²) in [6.07, 6.45) is 1.99. The van der Waals surface area contributed by atoms with Gasteiger partial charge in [-0.25, -0.2) is 4.79 Å². The topological polar surface area (TPSA) is 79.3 Å². The highest BCUT2D eigenvalue weighted by Gasteiger charge is 2.16. The summed E-state index contributed by atoms with van der Waals surface area (Å²) in [5.41, 5.74) is 1.99. The Morgan fingerprint density at radius 3 is 2.86 bits per heavy atom. The maximum atomic E-state index is 12.2. The van der Waals surface area contributed by atoms with E-state index in [-0.39, 0.29) is 17.5 Å². The fourth-order valence-electron chi connectivity index (χ4n) is 1.99. The molecular formula is C15H16N2O3S. The molecule has 0 aromatic carbocycles. The molecule has 21 heavy (non-hydrogen) atoms. The zero-order chi connectivity index (χ0) is 15.4. The molecule has 5 nitrogen and oxygen atoms in total. The lowest BCUT2D eigenvalue weighted by Gasteiger charge is -2.14. The lowest BCUT2D eigenvalue weighted by molar-refractivity contribution is 0.0696. The number of amides is 1. The molecule has 0 aliphatic carbocycles. The van der Waals surface area contributed by atoms with E-state index >= 15 is 0 Å². The summed E-state index contributed by atoms with van der Waals surface area (Å²) in [5, 5.41) is 15.9. The highest BCUT2D eigenvalue weighted by molar-refractivity contribution is 7.07. The van der Waals surface area contributed by atoms with Crippen LogP contribution in [0.4, 0.5) is 0 Å². The molecule has 2 aromatic rings. The summed E-state index contributed by atoms with van der Waals surface area (Å²) in [7, 11) is 0. The molecule has 0 aliphatic heterocycles. The Morgan fingerprint density at radius 2 is 2.24 bits per heavy atom. The number of aromatic carboxylic acids is 1. The molecule has 0 radical (unpaired) electrons. The number of carboxylic acids is 1. The van der Waals surface area contributed by atoms with Gasteiger partial charge < -0.3 is 10.4 Å². The van der Waals surface area contributed by atoms with Gasteiger partial charge in [0.2, 0.25) is 0 Å². The molecule has 0 bridgehead atoms. The maximum absolute atomic E-state index is 12.2. The minimum Gasteiger partial charge on any atom is -0.478 e. The van der Waals surface area contributed by atoms with Gasteiger partial charge in [-0.1, -0.05) is 0 Å². The van der Waals surface area contributed by atoms with Crippen LogP contribution in [0.25, 0.3) is 0 Å². The van der Waals surface area contributed by atoms with Gasteiger partial charge in [0.05, 0.1) is 16.8 Å². The fraction of sp³-hybridized carbons (Fsp3) is 0.267. The van der Waals surface area contributed by atoms with Crippen molar-refractivity contribution in [2.75, 3.05) is 0 Å². The van der Waals surface area contributed by atoms with E-state index < -0.39 is 5.97 Å². The number of pyridine rings is 1. The van der Waals surface area contributed by atoms with E-state index in [2.05, 4.69) is 10.3 Å². The van der Waals surface area contributed by atoms with E-state index in [4.69, 9.17) is 5.11 Å². The normalized spacial score (nSPS) is 11.9. The number of nitrogens with zero attached hydrogens (tertiary/aromatic N) is 1. The van der Waals surface area contributed by atoms with Crippen LogP contribution < -0.4 is 5.32 Å². The third-order valence-corrected chi connectivity index (χ3v) is 3.81. The van der Waals surface area contributed by atoms with Crippen LogP contribution in [-0.4, -0.2) is 28.0 Å². The van der Waals surface area contributed by atoms with Crippen molar-refractivity contribution in [2.24, 2.45) is 0 Å². The number of thiophene rings is 1. The van der Waals surface area contributed by atoms with Crippen molar-refractivity contribution in [3.05, 3.63) is 51.5 Å². The van der Waals surface area contributed by atoms with E-state index in [1.165, 1.54) is 17.8 Å². The molecule has 0 fully saturated rings. The first-order valence-corrected chi connectivity index (χ1v) is 7.43. The second kappa shape index (κ2) is 6.49. The van der Waals surface area contributed by atoms with Gasteiger partial charge in [-0.05, 0) is 48.7 Å². The van der Waals surface area contributed by atoms with Gasteiger partial charge in [0.1, 0.15) is 0 Å². The van der Waals surface area contributed by atoms with E-state index in [1.807, 2.05) is 23.8 Å². The zero-order valence-electron chi connectivity index (χ0n) is 11.8. The number of rotatable bonds is 5. The molecule has 0 spiro atoms. The SMILES string of the molecule is Cc1ncc(C(=O)O)cc1C(=O)NC(C)Cc1ccsc1.